The fourth-order valence-corrected chi connectivity index (χ4v) is 3.65. The standard InChI is InChI=1S/C18H25FN2O2/c19-16-6-4-15(5-7-16)14-20-10-3-11-21(13-12-20)17(22)18(23)8-1-2-9-18/h4-7,23H,1-3,8-14H2. The van der Waals surface area contributed by atoms with Crippen LogP contribution in [-0.2, 0) is 11.3 Å². The van der Waals surface area contributed by atoms with E-state index in [-0.39, 0.29) is 11.7 Å². The lowest BCUT2D eigenvalue weighted by Gasteiger charge is -2.29. The molecule has 1 aliphatic heterocycles. The van der Waals surface area contributed by atoms with Crippen LogP contribution in [0.3, 0.4) is 0 Å². The van der Waals surface area contributed by atoms with Gasteiger partial charge in [-0.05, 0) is 49.8 Å². The summed E-state index contributed by atoms with van der Waals surface area (Å²) in [7, 11) is 0. The van der Waals surface area contributed by atoms with E-state index in [1.54, 1.807) is 0 Å². The zero-order valence-corrected chi connectivity index (χ0v) is 13.5. The maximum absolute atomic E-state index is 13.0. The van der Waals surface area contributed by atoms with Crippen molar-refractivity contribution in [2.24, 2.45) is 0 Å². The third-order valence-corrected chi connectivity index (χ3v) is 5.02. The number of hydrogen-bond acceptors (Lipinski definition) is 3. The minimum Gasteiger partial charge on any atom is -0.380 e. The van der Waals surface area contributed by atoms with Gasteiger partial charge in [-0.1, -0.05) is 12.1 Å². The largest absolute Gasteiger partial charge is 0.380 e. The summed E-state index contributed by atoms with van der Waals surface area (Å²) in [6, 6.07) is 6.59. The van der Waals surface area contributed by atoms with E-state index < -0.39 is 5.60 Å². The maximum Gasteiger partial charge on any atom is 0.254 e. The molecular formula is C18H25FN2O2. The molecule has 2 fully saturated rings. The highest BCUT2D eigenvalue weighted by Gasteiger charge is 2.41. The second kappa shape index (κ2) is 6.97. The number of benzene rings is 1. The molecule has 3 rings (SSSR count). The summed E-state index contributed by atoms with van der Waals surface area (Å²) in [5.74, 6) is -0.301. The fraction of sp³-hybridized carbons (Fsp3) is 0.611. The van der Waals surface area contributed by atoms with Gasteiger partial charge in [-0.15, -0.1) is 0 Å². The Bertz CT molecular complexity index is 540. The first kappa shape index (κ1) is 16.4. The van der Waals surface area contributed by atoms with E-state index in [0.717, 1.165) is 44.5 Å². The highest BCUT2D eigenvalue weighted by Crippen LogP contribution is 2.31. The number of halogens is 1. The van der Waals surface area contributed by atoms with E-state index in [4.69, 9.17) is 0 Å². The summed E-state index contributed by atoms with van der Waals surface area (Å²) in [6.07, 6.45) is 3.98. The first-order valence-corrected chi connectivity index (χ1v) is 8.55. The highest BCUT2D eigenvalue weighted by molar-refractivity contribution is 5.85. The number of hydrogen-bond donors (Lipinski definition) is 1. The Morgan fingerprint density at radius 1 is 1.04 bits per heavy atom. The first-order chi connectivity index (χ1) is 11.1. The van der Waals surface area contributed by atoms with Crippen molar-refractivity contribution in [1.29, 1.82) is 0 Å². The monoisotopic (exact) mass is 320 g/mol. The quantitative estimate of drug-likeness (QED) is 0.928. The second-order valence-corrected chi connectivity index (χ2v) is 6.79. The Morgan fingerprint density at radius 3 is 2.43 bits per heavy atom. The number of carbonyl (C=O) groups excluding carboxylic acids is 1. The smallest absolute Gasteiger partial charge is 0.254 e. The Morgan fingerprint density at radius 2 is 1.74 bits per heavy atom. The van der Waals surface area contributed by atoms with Crippen LogP contribution in [0.4, 0.5) is 4.39 Å². The molecule has 0 unspecified atom stereocenters. The van der Waals surface area contributed by atoms with Gasteiger partial charge in [-0.3, -0.25) is 9.69 Å². The lowest BCUT2D eigenvalue weighted by Crippen LogP contribution is -2.48. The molecule has 2 aliphatic rings. The highest BCUT2D eigenvalue weighted by atomic mass is 19.1. The van der Waals surface area contributed by atoms with E-state index in [0.29, 0.717) is 25.9 Å². The number of carbonyl (C=O) groups is 1. The molecule has 0 bridgehead atoms. The predicted octanol–water partition coefficient (Wildman–Crippen LogP) is 2.17. The van der Waals surface area contributed by atoms with E-state index in [1.807, 2.05) is 17.0 Å². The van der Waals surface area contributed by atoms with Crippen molar-refractivity contribution < 1.29 is 14.3 Å². The van der Waals surface area contributed by atoms with Crippen LogP contribution in [0.25, 0.3) is 0 Å². The molecule has 1 amide bonds. The molecule has 1 aromatic carbocycles. The van der Waals surface area contributed by atoms with Gasteiger partial charge >= 0.3 is 0 Å². The molecule has 126 valence electrons. The Labute approximate surface area is 136 Å². The molecule has 1 aliphatic carbocycles. The molecule has 1 aromatic rings. The predicted molar refractivity (Wildman–Crippen MR) is 86.3 cm³/mol. The number of nitrogens with zero attached hydrogens (tertiary/aromatic N) is 2. The summed E-state index contributed by atoms with van der Waals surface area (Å²) in [4.78, 5) is 16.7. The van der Waals surface area contributed by atoms with Crippen LogP contribution in [0.2, 0.25) is 0 Å². The molecule has 1 saturated heterocycles. The summed E-state index contributed by atoms with van der Waals surface area (Å²) in [5, 5.41) is 10.5. The topological polar surface area (TPSA) is 43.8 Å². The molecule has 5 heteroatoms. The van der Waals surface area contributed by atoms with Crippen LogP contribution >= 0.6 is 0 Å². The van der Waals surface area contributed by atoms with E-state index >= 15 is 0 Å². The van der Waals surface area contributed by atoms with E-state index in [9.17, 15) is 14.3 Å². The second-order valence-electron chi connectivity index (χ2n) is 6.79. The van der Waals surface area contributed by atoms with Gasteiger partial charge in [-0.2, -0.15) is 0 Å². The Hall–Kier alpha value is -1.46. The molecule has 0 radical (unpaired) electrons. The van der Waals surface area contributed by atoms with Crippen LogP contribution in [0, 0.1) is 5.82 Å². The van der Waals surface area contributed by atoms with Crippen molar-refractivity contribution in [3.05, 3.63) is 35.6 Å². The average Bonchev–Trinajstić information content (AvgIpc) is 2.87. The summed E-state index contributed by atoms with van der Waals surface area (Å²) in [5.41, 5.74) is -0.0350. The van der Waals surface area contributed by atoms with Crippen LogP contribution in [0.1, 0.15) is 37.7 Å². The van der Waals surface area contributed by atoms with Crippen molar-refractivity contribution >= 4 is 5.91 Å². The molecule has 23 heavy (non-hydrogen) atoms. The molecule has 0 aromatic heterocycles. The van der Waals surface area contributed by atoms with Gasteiger partial charge in [0.2, 0.25) is 0 Å². The first-order valence-electron chi connectivity index (χ1n) is 8.55. The van der Waals surface area contributed by atoms with Crippen molar-refractivity contribution in [2.75, 3.05) is 26.2 Å². The zero-order chi connectivity index (χ0) is 16.3. The van der Waals surface area contributed by atoms with Crippen molar-refractivity contribution in [3.8, 4) is 0 Å². The molecule has 1 heterocycles. The van der Waals surface area contributed by atoms with Gasteiger partial charge in [0.05, 0.1) is 0 Å². The van der Waals surface area contributed by atoms with Crippen LogP contribution in [0.15, 0.2) is 24.3 Å². The Kier molecular flexibility index (Phi) is 4.97. The zero-order valence-electron chi connectivity index (χ0n) is 13.5. The number of amides is 1. The third kappa shape index (κ3) is 3.90. The summed E-state index contributed by atoms with van der Waals surface area (Å²) in [6.45, 7) is 3.84. The Balaban J connectivity index is 1.56. The number of aliphatic hydroxyl groups is 1. The maximum atomic E-state index is 13.0. The van der Waals surface area contributed by atoms with Gasteiger partial charge in [0.1, 0.15) is 11.4 Å². The molecule has 0 atom stereocenters. The van der Waals surface area contributed by atoms with Crippen molar-refractivity contribution in [2.45, 2.75) is 44.2 Å². The van der Waals surface area contributed by atoms with Crippen molar-refractivity contribution in [1.82, 2.24) is 9.80 Å². The summed E-state index contributed by atoms with van der Waals surface area (Å²) < 4.78 is 13.0. The molecule has 0 spiro atoms. The van der Waals surface area contributed by atoms with Crippen LogP contribution in [-0.4, -0.2) is 52.6 Å². The SMILES string of the molecule is O=C(N1CCCN(Cc2ccc(F)cc2)CC1)C1(O)CCCC1. The van der Waals surface area contributed by atoms with E-state index in [1.165, 1.54) is 12.1 Å². The third-order valence-electron chi connectivity index (χ3n) is 5.02. The van der Waals surface area contributed by atoms with Gasteiger partial charge in [0, 0.05) is 32.7 Å². The summed E-state index contributed by atoms with van der Waals surface area (Å²) >= 11 is 0. The van der Waals surface area contributed by atoms with Gasteiger partial charge in [0.15, 0.2) is 0 Å². The van der Waals surface area contributed by atoms with Gasteiger partial charge < -0.3 is 10.0 Å². The average molecular weight is 320 g/mol. The van der Waals surface area contributed by atoms with Gasteiger partial charge in [-0.25, -0.2) is 4.39 Å². The molecule has 4 nitrogen and oxygen atoms in total. The van der Waals surface area contributed by atoms with Gasteiger partial charge in [0.25, 0.3) is 5.91 Å². The fourth-order valence-electron chi connectivity index (χ4n) is 3.65. The minimum absolute atomic E-state index is 0.0846. The van der Waals surface area contributed by atoms with Crippen molar-refractivity contribution in [3.63, 3.8) is 0 Å². The lowest BCUT2D eigenvalue weighted by molar-refractivity contribution is -0.150. The van der Waals surface area contributed by atoms with Crippen LogP contribution < -0.4 is 0 Å². The molecule has 1 N–H and O–H groups in total. The normalized spacial score (nSPS) is 22.1. The van der Waals surface area contributed by atoms with Crippen LogP contribution in [0.5, 0.6) is 0 Å². The van der Waals surface area contributed by atoms with E-state index in [2.05, 4.69) is 4.90 Å². The minimum atomic E-state index is -1.12. The number of rotatable bonds is 3. The molecular weight excluding hydrogens is 295 g/mol. The molecule has 1 saturated carbocycles. The lowest BCUT2D eigenvalue weighted by atomic mass is 10.0.